The Morgan fingerprint density at radius 3 is 2.72 bits per heavy atom. The first-order valence-electron chi connectivity index (χ1n) is 8.53. The van der Waals surface area contributed by atoms with Crippen molar-refractivity contribution in [2.75, 3.05) is 44.7 Å². The molecule has 1 amide bonds. The average molecular weight is 342 g/mol. The maximum absolute atomic E-state index is 13.6. The summed E-state index contributed by atoms with van der Waals surface area (Å²) in [5, 5.41) is 2.84. The van der Waals surface area contributed by atoms with E-state index in [0.29, 0.717) is 24.1 Å². The van der Waals surface area contributed by atoms with E-state index in [9.17, 15) is 9.18 Å². The van der Waals surface area contributed by atoms with Crippen LogP contribution in [0.4, 0.5) is 10.1 Å². The quantitative estimate of drug-likeness (QED) is 0.902. The predicted molar refractivity (Wildman–Crippen MR) is 96.4 cm³/mol. The van der Waals surface area contributed by atoms with E-state index in [1.807, 2.05) is 6.07 Å². The molecule has 2 heterocycles. The van der Waals surface area contributed by atoms with Crippen molar-refractivity contribution >= 4 is 11.6 Å². The van der Waals surface area contributed by atoms with Crippen LogP contribution in [0.15, 0.2) is 42.7 Å². The highest BCUT2D eigenvalue weighted by molar-refractivity contribution is 5.94. The summed E-state index contributed by atoms with van der Waals surface area (Å²) in [6, 6.07) is 8.49. The Morgan fingerprint density at radius 2 is 1.96 bits per heavy atom. The van der Waals surface area contributed by atoms with Gasteiger partial charge >= 0.3 is 0 Å². The van der Waals surface area contributed by atoms with Crippen LogP contribution in [-0.2, 0) is 6.42 Å². The summed E-state index contributed by atoms with van der Waals surface area (Å²) in [4.78, 5) is 21.1. The molecule has 5 nitrogen and oxygen atoms in total. The smallest absolute Gasteiger partial charge is 0.252 e. The molecule has 25 heavy (non-hydrogen) atoms. The number of rotatable bonds is 5. The van der Waals surface area contributed by atoms with E-state index in [0.717, 1.165) is 31.9 Å². The molecule has 0 aliphatic carbocycles. The molecule has 1 N–H and O–H groups in total. The maximum atomic E-state index is 13.6. The molecule has 1 aromatic carbocycles. The van der Waals surface area contributed by atoms with Gasteiger partial charge in [0.15, 0.2) is 0 Å². The highest BCUT2D eigenvalue weighted by Gasteiger charge is 2.16. The zero-order valence-corrected chi connectivity index (χ0v) is 14.4. The minimum absolute atomic E-state index is 0.181. The molecule has 0 spiro atoms. The van der Waals surface area contributed by atoms with E-state index in [-0.39, 0.29) is 11.7 Å². The van der Waals surface area contributed by atoms with E-state index in [1.165, 1.54) is 6.07 Å². The number of piperazine rings is 1. The molecule has 0 radical (unpaired) electrons. The van der Waals surface area contributed by atoms with Crippen molar-refractivity contribution in [3.05, 3.63) is 59.7 Å². The minimum atomic E-state index is -0.240. The molecular weight excluding hydrogens is 319 g/mol. The lowest BCUT2D eigenvalue weighted by Crippen LogP contribution is -2.44. The topological polar surface area (TPSA) is 48.5 Å². The van der Waals surface area contributed by atoms with Gasteiger partial charge in [-0.25, -0.2) is 4.39 Å². The van der Waals surface area contributed by atoms with Crippen molar-refractivity contribution in [3.63, 3.8) is 0 Å². The number of nitrogens with zero attached hydrogens (tertiary/aromatic N) is 3. The summed E-state index contributed by atoms with van der Waals surface area (Å²) in [5.74, 6) is -0.421. The lowest BCUT2D eigenvalue weighted by molar-refractivity contribution is 0.0953. The summed E-state index contributed by atoms with van der Waals surface area (Å²) in [6.45, 7) is 4.24. The lowest BCUT2D eigenvalue weighted by atomic mass is 10.1. The van der Waals surface area contributed by atoms with Gasteiger partial charge in [0.2, 0.25) is 0 Å². The third-order valence-corrected chi connectivity index (χ3v) is 4.49. The fraction of sp³-hybridized carbons (Fsp3) is 0.368. The number of pyridine rings is 1. The summed E-state index contributed by atoms with van der Waals surface area (Å²) >= 11 is 0. The minimum Gasteiger partial charge on any atom is -0.368 e. The first kappa shape index (κ1) is 17.4. The van der Waals surface area contributed by atoms with Gasteiger partial charge in [0.25, 0.3) is 5.91 Å². The van der Waals surface area contributed by atoms with Crippen LogP contribution in [-0.4, -0.2) is 55.6 Å². The van der Waals surface area contributed by atoms with E-state index in [2.05, 4.69) is 27.1 Å². The molecular formula is C19H23FN4O. The SMILES string of the molecule is CN1CCN(c2cncc(C(=O)NCCc3ccccc3F)c2)CC1. The highest BCUT2D eigenvalue weighted by Crippen LogP contribution is 2.16. The van der Waals surface area contributed by atoms with Crippen LogP contribution in [0.1, 0.15) is 15.9 Å². The molecule has 3 rings (SSSR count). The predicted octanol–water partition coefficient (Wildman–Crippen LogP) is 1.94. The fourth-order valence-electron chi connectivity index (χ4n) is 2.90. The molecule has 1 aliphatic rings. The van der Waals surface area contributed by atoms with Gasteiger partial charge in [-0.1, -0.05) is 18.2 Å². The molecule has 1 saturated heterocycles. The number of anilines is 1. The number of aromatic nitrogens is 1. The molecule has 2 aromatic rings. The number of nitrogens with one attached hydrogen (secondary N) is 1. The van der Waals surface area contributed by atoms with Gasteiger partial charge in [-0.2, -0.15) is 0 Å². The molecule has 6 heteroatoms. The maximum Gasteiger partial charge on any atom is 0.252 e. The van der Waals surface area contributed by atoms with E-state index in [1.54, 1.807) is 30.6 Å². The average Bonchev–Trinajstić information content (AvgIpc) is 2.64. The Hall–Kier alpha value is -2.47. The van der Waals surface area contributed by atoms with Crippen molar-refractivity contribution in [2.45, 2.75) is 6.42 Å². The Bertz CT molecular complexity index is 729. The summed E-state index contributed by atoms with van der Waals surface area (Å²) in [6.07, 6.45) is 3.82. The van der Waals surface area contributed by atoms with Gasteiger partial charge in [0.1, 0.15) is 5.82 Å². The van der Waals surface area contributed by atoms with E-state index < -0.39 is 0 Å². The van der Waals surface area contributed by atoms with Crippen molar-refractivity contribution < 1.29 is 9.18 Å². The number of likely N-dealkylation sites (N-methyl/N-ethyl adjacent to an activating group) is 1. The molecule has 0 bridgehead atoms. The number of hydrogen-bond acceptors (Lipinski definition) is 4. The van der Waals surface area contributed by atoms with E-state index in [4.69, 9.17) is 0 Å². The number of hydrogen-bond donors (Lipinski definition) is 1. The fourth-order valence-corrected chi connectivity index (χ4v) is 2.90. The molecule has 0 atom stereocenters. The largest absolute Gasteiger partial charge is 0.368 e. The van der Waals surface area contributed by atoms with Crippen LogP contribution >= 0.6 is 0 Å². The van der Waals surface area contributed by atoms with Gasteiger partial charge < -0.3 is 15.1 Å². The normalized spacial score (nSPS) is 15.2. The van der Waals surface area contributed by atoms with Crippen molar-refractivity contribution in [1.82, 2.24) is 15.2 Å². The third-order valence-electron chi connectivity index (χ3n) is 4.49. The second kappa shape index (κ2) is 8.07. The zero-order chi connectivity index (χ0) is 17.6. The van der Waals surface area contributed by atoms with Crippen LogP contribution in [0.5, 0.6) is 0 Å². The molecule has 1 aromatic heterocycles. The van der Waals surface area contributed by atoms with Crippen molar-refractivity contribution in [1.29, 1.82) is 0 Å². The van der Waals surface area contributed by atoms with Crippen LogP contribution < -0.4 is 10.2 Å². The zero-order valence-electron chi connectivity index (χ0n) is 14.4. The molecule has 1 aliphatic heterocycles. The summed E-state index contributed by atoms with van der Waals surface area (Å²) in [7, 11) is 2.11. The number of benzene rings is 1. The second-order valence-electron chi connectivity index (χ2n) is 6.32. The van der Waals surface area contributed by atoms with Gasteiger partial charge in [-0.05, 0) is 31.2 Å². The van der Waals surface area contributed by atoms with Crippen LogP contribution in [0.2, 0.25) is 0 Å². The van der Waals surface area contributed by atoms with Crippen LogP contribution in [0, 0.1) is 5.82 Å². The molecule has 0 unspecified atom stereocenters. The number of halogens is 1. The third kappa shape index (κ3) is 4.54. The van der Waals surface area contributed by atoms with Crippen molar-refractivity contribution in [3.8, 4) is 0 Å². The Kier molecular flexibility index (Phi) is 5.60. The molecule has 1 fully saturated rings. The lowest BCUT2D eigenvalue weighted by Gasteiger charge is -2.33. The Balaban J connectivity index is 1.57. The van der Waals surface area contributed by atoms with Gasteiger partial charge in [-0.15, -0.1) is 0 Å². The van der Waals surface area contributed by atoms with Crippen LogP contribution in [0.3, 0.4) is 0 Å². The Labute approximate surface area is 147 Å². The van der Waals surface area contributed by atoms with Gasteiger partial charge in [0.05, 0.1) is 17.4 Å². The molecule has 132 valence electrons. The standard InChI is InChI=1S/C19H23FN4O/c1-23-8-10-24(11-9-23)17-12-16(13-21-14-17)19(25)22-7-6-15-4-2-3-5-18(15)20/h2-5,12-14H,6-11H2,1H3,(H,22,25). The van der Waals surface area contributed by atoms with Gasteiger partial charge in [0, 0.05) is 38.9 Å². The summed E-state index contributed by atoms with van der Waals surface area (Å²) in [5.41, 5.74) is 2.10. The second-order valence-corrected chi connectivity index (χ2v) is 6.32. The van der Waals surface area contributed by atoms with Gasteiger partial charge in [-0.3, -0.25) is 9.78 Å². The Morgan fingerprint density at radius 1 is 1.20 bits per heavy atom. The van der Waals surface area contributed by atoms with E-state index >= 15 is 0 Å². The number of carbonyl (C=O) groups is 1. The molecule has 0 saturated carbocycles. The highest BCUT2D eigenvalue weighted by atomic mass is 19.1. The first-order chi connectivity index (χ1) is 12.1. The summed E-state index contributed by atoms with van der Waals surface area (Å²) < 4.78 is 13.6. The monoisotopic (exact) mass is 342 g/mol. The number of carbonyl (C=O) groups excluding carboxylic acids is 1. The first-order valence-corrected chi connectivity index (χ1v) is 8.53. The van der Waals surface area contributed by atoms with Crippen LogP contribution in [0.25, 0.3) is 0 Å². The van der Waals surface area contributed by atoms with Crippen molar-refractivity contribution in [2.24, 2.45) is 0 Å². The number of amides is 1.